The van der Waals surface area contributed by atoms with E-state index in [0.29, 0.717) is 12.1 Å². The van der Waals surface area contributed by atoms with Gasteiger partial charge in [0.25, 0.3) is 0 Å². The van der Waals surface area contributed by atoms with Gasteiger partial charge < -0.3 is 5.32 Å². The molecule has 1 aliphatic rings. The first-order chi connectivity index (χ1) is 7.83. The molecule has 1 aromatic carbocycles. The van der Waals surface area contributed by atoms with Crippen LogP contribution in [0.5, 0.6) is 0 Å². The molecule has 16 heavy (non-hydrogen) atoms. The Balaban J connectivity index is 2.20. The van der Waals surface area contributed by atoms with Crippen molar-refractivity contribution in [1.29, 1.82) is 0 Å². The van der Waals surface area contributed by atoms with E-state index in [0.717, 1.165) is 0 Å². The molecular formula is C14H22N2. The van der Waals surface area contributed by atoms with Gasteiger partial charge in [-0.1, -0.05) is 30.3 Å². The van der Waals surface area contributed by atoms with Crippen LogP contribution in [0.1, 0.15) is 31.4 Å². The van der Waals surface area contributed by atoms with Gasteiger partial charge in [0.1, 0.15) is 0 Å². The zero-order valence-electron chi connectivity index (χ0n) is 10.3. The number of benzene rings is 1. The quantitative estimate of drug-likeness (QED) is 0.835. The zero-order chi connectivity index (χ0) is 11.4. The van der Waals surface area contributed by atoms with Crippen molar-refractivity contribution in [1.82, 2.24) is 10.2 Å². The third-order valence-corrected chi connectivity index (χ3v) is 3.60. The molecule has 1 fully saturated rings. The van der Waals surface area contributed by atoms with Crippen molar-refractivity contribution >= 4 is 0 Å². The first-order valence-electron chi connectivity index (χ1n) is 6.29. The number of nitrogens with one attached hydrogen (secondary N) is 1. The van der Waals surface area contributed by atoms with Gasteiger partial charge in [-0.3, -0.25) is 4.90 Å². The maximum absolute atomic E-state index is 3.40. The van der Waals surface area contributed by atoms with Gasteiger partial charge in [-0.15, -0.1) is 0 Å². The van der Waals surface area contributed by atoms with Crippen LogP contribution in [0.4, 0.5) is 0 Å². The van der Waals surface area contributed by atoms with Crippen LogP contribution in [-0.2, 0) is 0 Å². The lowest BCUT2D eigenvalue weighted by Crippen LogP contribution is -2.39. The Kier molecular flexibility index (Phi) is 3.97. The van der Waals surface area contributed by atoms with Crippen LogP contribution in [0.2, 0.25) is 0 Å². The van der Waals surface area contributed by atoms with Gasteiger partial charge in [-0.25, -0.2) is 0 Å². The average molecular weight is 218 g/mol. The molecule has 88 valence electrons. The van der Waals surface area contributed by atoms with E-state index in [9.17, 15) is 0 Å². The molecule has 1 saturated heterocycles. The fourth-order valence-electron chi connectivity index (χ4n) is 2.64. The predicted octanol–water partition coefficient (Wildman–Crippen LogP) is 2.43. The van der Waals surface area contributed by atoms with E-state index in [2.05, 4.69) is 54.5 Å². The Labute approximate surface area is 98.7 Å². The van der Waals surface area contributed by atoms with E-state index in [4.69, 9.17) is 0 Å². The molecule has 0 aliphatic carbocycles. The molecule has 0 spiro atoms. The van der Waals surface area contributed by atoms with E-state index >= 15 is 0 Å². The van der Waals surface area contributed by atoms with Gasteiger partial charge in [0.05, 0.1) is 0 Å². The molecule has 2 heteroatoms. The van der Waals surface area contributed by atoms with Crippen molar-refractivity contribution in [2.24, 2.45) is 0 Å². The van der Waals surface area contributed by atoms with Crippen LogP contribution < -0.4 is 5.32 Å². The summed E-state index contributed by atoms with van der Waals surface area (Å²) in [7, 11) is 2.05. The second-order valence-electron chi connectivity index (χ2n) is 4.68. The van der Waals surface area contributed by atoms with E-state index < -0.39 is 0 Å². The third-order valence-electron chi connectivity index (χ3n) is 3.60. The van der Waals surface area contributed by atoms with Crippen LogP contribution in [-0.4, -0.2) is 31.1 Å². The van der Waals surface area contributed by atoms with Crippen molar-refractivity contribution < 1.29 is 0 Å². The lowest BCUT2D eigenvalue weighted by molar-refractivity contribution is 0.205. The number of likely N-dealkylation sites (N-methyl/N-ethyl adjacent to an activating group) is 1. The largest absolute Gasteiger partial charge is 0.315 e. The Hall–Kier alpha value is -0.860. The number of hydrogen-bond donors (Lipinski definition) is 1. The molecular weight excluding hydrogens is 196 g/mol. The molecule has 1 heterocycles. The van der Waals surface area contributed by atoms with Gasteiger partial charge in [-0.2, -0.15) is 0 Å². The maximum atomic E-state index is 3.40. The van der Waals surface area contributed by atoms with Gasteiger partial charge in [0.15, 0.2) is 0 Å². The first-order valence-corrected chi connectivity index (χ1v) is 6.29. The summed E-state index contributed by atoms with van der Waals surface area (Å²) in [6.07, 6.45) is 2.69. The summed E-state index contributed by atoms with van der Waals surface area (Å²) in [5.74, 6) is 0. The summed E-state index contributed by atoms with van der Waals surface area (Å²) in [5, 5.41) is 3.40. The molecule has 0 saturated carbocycles. The predicted molar refractivity (Wildman–Crippen MR) is 68.5 cm³/mol. The Morgan fingerprint density at radius 2 is 1.75 bits per heavy atom. The van der Waals surface area contributed by atoms with E-state index in [1.165, 1.54) is 31.5 Å². The van der Waals surface area contributed by atoms with Crippen molar-refractivity contribution in [2.75, 3.05) is 20.1 Å². The van der Waals surface area contributed by atoms with Crippen molar-refractivity contribution in [2.45, 2.75) is 31.8 Å². The first kappa shape index (κ1) is 11.6. The summed E-state index contributed by atoms with van der Waals surface area (Å²) in [6.45, 7) is 4.76. The maximum Gasteiger partial charge on any atom is 0.0498 e. The highest BCUT2D eigenvalue weighted by Crippen LogP contribution is 2.27. The van der Waals surface area contributed by atoms with Crippen molar-refractivity contribution in [3.63, 3.8) is 0 Å². The monoisotopic (exact) mass is 218 g/mol. The lowest BCUT2D eigenvalue weighted by Gasteiger charge is -2.32. The fraction of sp³-hybridized carbons (Fsp3) is 0.571. The Morgan fingerprint density at radius 3 is 2.31 bits per heavy atom. The number of nitrogens with zero attached hydrogens (tertiary/aromatic N) is 1. The molecule has 0 aromatic heterocycles. The van der Waals surface area contributed by atoms with Gasteiger partial charge in [0.2, 0.25) is 0 Å². The molecule has 1 aliphatic heterocycles. The average Bonchev–Trinajstić information content (AvgIpc) is 2.84. The highest BCUT2D eigenvalue weighted by atomic mass is 15.2. The summed E-state index contributed by atoms with van der Waals surface area (Å²) in [4.78, 5) is 2.61. The number of likely N-dealkylation sites (tertiary alicyclic amines) is 1. The molecule has 1 aromatic rings. The smallest absolute Gasteiger partial charge is 0.0498 e. The van der Waals surface area contributed by atoms with Gasteiger partial charge >= 0.3 is 0 Å². The van der Waals surface area contributed by atoms with Crippen LogP contribution in [0.3, 0.4) is 0 Å². The third kappa shape index (κ3) is 2.45. The SMILES string of the molecule is CNC(C)C(c1ccccc1)N1CCCC1. The van der Waals surface area contributed by atoms with Gasteiger partial charge in [-0.05, 0) is 45.5 Å². The van der Waals surface area contributed by atoms with E-state index in [-0.39, 0.29) is 0 Å². The summed E-state index contributed by atoms with van der Waals surface area (Å²) < 4.78 is 0. The van der Waals surface area contributed by atoms with Crippen molar-refractivity contribution in [3.8, 4) is 0 Å². The minimum absolute atomic E-state index is 0.500. The highest BCUT2D eigenvalue weighted by molar-refractivity contribution is 5.21. The number of rotatable bonds is 4. The summed E-state index contributed by atoms with van der Waals surface area (Å²) >= 11 is 0. The molecule has 1 N–H and O–H groups in total. The normalized spacial score (nSPS) is 20.9. The van der Waals surface area contributed by atoms with Crippen LogP contribution in [0.25, 0.3) is 0 Å². The topological polar surface area (TPSA) is 15.3 Å². The Morgan fingerprint density at radius 1 is 1.12 bits per heavy atom. The van der Waals surface area contributed by atoms with Gasteiger partial charge in [0, 0.05) is 12.1 Å². The number of hydrogen-bond acceptors (Lipinski definition) is 2. The van der Waals surface area contributed by atoms with Crippen LogP contribution in [0, 0.1) is 0 Å². The zero-order valence-corrected chi connectivity index (χ0v) is 10.3. The fourth-order valence-corrected chi connectivity index (χ4v) is 2.64. The molecule has 2 unspecified atom stereocenters. The van der Waals surface area contributed by atoms with E-state index in [1.807, 2.05) is 0 Å². The second-order valence-corrected chi connectivity index (χ2v) is 4.68. The van der Waals surface area contributed by atoms with Crippen molar-refractivity contribution in [3.05, 3.63) is 35.9 Å². The minimum Gasteiger partial charge on any atom is -0.315 e. The van der Waals surface area contributed by atoms with Crippen LogP contribution in [0.15, 0.2) is 30.3 Å². The Bertz CT molecular complexity index is 304. The summed E-state index contributed by atoms with van der Waals surface area (Å²) in [6, 6.07) is 11.9. The molecule has 2 rings (SSSR count). The van der Waals surface area contributed by atoms with E-state index in [1.54, 1.807) is 0 Å². The second kappa shape index (κ2) is 5.46. The molecule has 0 radical (unpaired) electrons. The molecule has 0 bridgehead atoms. The molecule has 0 amide bonds. The standard InChI is InChI=1S/C14H22N2/c1-12(15-2)14(16-10-6-7-11-16)13-8-4-3-5-9-13/h3-5,8-9,12,14-15H,6-7,10-11H2,1-2H3. The lowest BCUT2D eigenvalue weighted by atomic mass is 9.99. The highest BCUT2D eigenvalue weighted by Gasteiger charge is 2.27. The molecule has 2 atom stereocenters. The van der Waals surface area contributed by atoms with Crippen LogP contribution >= 0.6 is 0 Å². The minimum atomic E-state index is 0.500. The summed E-state index contributed by atoms with van der Waals surface area (Å²) in [5.41, 5.74) is 1.44. The molecule has 2 nitrogen and oxygen atoms in total.